The van der Waals surface area contributed by atoms with Gasteiger partial charge in [0.1, 0.15) is 5.52 Å². The van der Waals surface area contributed by atoms with Gasteiger partial charge in [-0.25, -0.2) is 0 Å². The van der Waals surface area contributed by atoms with Crippen LogP contribution < -0.4 is 0 Å². The van der Waals surface area contributed by atoms with Gasteiger partial charge in [-0.3, -0.25) is 15.1 Å². The van der Waals surface area contributed by atoms with Crippen LogP contribution in [-0.2, 0) is 0 Å². The van der Waals surface area contributed by atoms with Gasteiger partial charge in [-0.2, -0.15) is 0 Å². The number of rotatable bonds is 1. The maximum Gasteiger partial charge on any atom is 0.314 e. The Morgan fingerprint density at radius 1 is 1.53 bits per heavy atom. The van der Waals surface area contributed by atoms with E-state index in [-0.39, 0.29) is 17.0 Å². The van der Waals surface area contributed by atoms with E-state index in [1.165, 1.54) is 12.3 Å². The summed E-state index contributed by atoms with van der Waals surface area (Å²) in [7, 11) is 0. The number of fused-ring (bicyclic) bond motifs is 1. The van der Waals surface area contributed by atoms with Crippen molar-refractivity contribution in [3.05, 3.63) is 38.1 Å². The number of halogens is 1. The third-order valence-corrected chi connectivity index (χ3v) is 2.88. The van der Waals surface area contributed by atoms with Crippen LogP contribution in [0.2, 0.25) is 0 Å². The quantitative estimate of drug-likeness (QED) is 0.498. The van der Waals surface area contributed by atoms with Crippen molar-refractivity contribution in [3.63, 3.8) is 0 Å². The molecular weight excluding hydrogens is 311 g/mol. The van der Waals surface area contributed by atoms with Crippen molar-refractivity contribution in [1.82, 2.24) is 4.98 Å². The second-order valence-electron chi connectivity index (χ2n) is 2.88. The Balaban J connectivity index is 2.90. The number of hydrogen-bond acceptors (Lipinski definition) is 4. The first kappa shape index (κ1) is 10.1. The highest BCUT2D eigenvalue weighted by Gasteiger charge is 2.19. The first-order valence-corrected chi connectivity index (χ1v) is 5.09. The zero-order valence-corrected chi connectivity index (χ0v) is 9.50. The van der Waals surface area contributed by atoms with Crippen LogP contribution in [0.1, 0.15) is 0 Å². The number of nitrogens with zero attached hydrogens (tertiary/aromatic N) is 2. The van der Waals surface area contributed by atoms with Gasteiger partial charge >= 0.3 is 5.69 Å². The molecule has 6 heteroatoms. The molecule has 0 aliphatic rings. The van der Waals surface area contributed by atoms with E-state index in [0.717, 1.165) is 0 Å². The lowest BCUT2D eigenvalue weighted by Gasteiger charge is -2.02. The van der Waals surface area contributed by atoms with Crippen LogP contribution in [0.25, 0.3) is 10.9 Å². The molecule has 2 rings (SSSR count). The van der Waals surface area contributed by atoms with Gasteiger partial charge in [-0.05, 0) is 28.7 Å². The van der Waals surface area contributed by atoms with E-state index in [2.05, 4.69) is 4.98 Å². The van der Waals surface area contributed by atoms with E-state index in [0.29, 0.717) is 8.96 Å². The molecule has 15 heavy (non-hydrogen) atoms. The number of nitro groups is 1. The molecule has 1 heterocycles. The van der Waals surface area contributed by atoms with Crippen molar-refractivity contribution in [1.29, 1.82) is 0 Å². The number of aromatic hydroxyl groups is 1. The molecule has 0 aliphatic carbocycles. The van der Waals surface area contributed by atoms with Gasteiger partial charge in [0.25, 0.3) is 0 Å². The SMILES string of the molecule is O=[N+]([O-])c1cc(I)c2cccnc2c1O. The molecule has 0 fully saturated rings. The van der Waals surface area contributed by atoms with Crippen LogP contribution in [-0.4, -0.2) is 15.0 Å². The predicted octanol–water partition coefficient (Wildman–Crippen LogP) is 2.45. The molecule has 5 nitrogen and oxygen atoms in total. The Morgan fingerprint density at radius 3 is 2.93 bits per heavy atom. The molecule has 76 valence electrons. The van der Waals surface area contributed by atoms with Crippen molar-refractivity contribution in [2.75, 3.05) is 0 Å². The average Bonchev–Trinajstić information content (AvgIpc) is 2.23. The van der Waals surface area contributed by atoms with E-state index in [1.54, 1.807) is 12.1 Å². The molecule has 0 unspecified atom stereocenters. The van der Waals surface area contributed by atoms with Crippen molar-refractivity contribution < 1.29 is 10.0 Å². The molecule has 1 aromatic heterocycles. The minimum Gasteiger partial charge on any atom is -0.501 e. The summed E-state index contributed by atoms with van der Waals surface area (Å²) in [4.78, 5) is 13.9. The minimum atomic E-state index is -0.619. The summed E-state index contributed by atoms with van der Waals surface area (Å²) in [6, 6.07) is 4.81. The molecule has 0 bridgehead atoms. The summed E-state index contributed by atoms with van der Waals surface area (Å²) >= 11 is 1.98. The Kier molecular flexibility index (Phi) is 2.43. The number of phenols is 1. The Labute approximate surface area is 98.0 Å². The molecule has 0 atom stereocenters. The minimum absolute atomic E-state index is 0.260. The lowest BCUT2D eigenvalue weighted by atomic mass is 10.2. The van der Waals surface area contributed by atoms with Gasteiger partial charge < -0.3 is 5.11 Å². The Hall–Kier alpha value is -1.44. The van der Waals surface area contributed by atoms with Crippen LogP contribution >= 0.6 is 22.6 Å². The van der Waals surface area contributed by atoms with Gasteiger partial charge in [0, 0.05) is 21.2 Å². The van der Waals surface area contributed by atoms with Crippen molar-refractivity contribution in [2.24, 2.45) is 0 Å². The number of aromatic nitrogens is 1. The van der Waals surface area contributed by atoms with E-state index >= 15 is 0 Å². The highest BCUT2D eigenvalue weighted by Crippen LogP contribution is 2.35. The fraction of sp³-hybridized carbons (Fsp3) is 0. The van der Waals surface area contributed by atoms with Gasteiger partial charge in [-0.1, -0.05) is 6.07 Å². The Bertz CT molecular complexity index is 556. The van der Waals surface area contributed by atoms with Crippen molar-refractivity contribution >= 4 is 39.2 Å². The molecule has 2 aromatic rings. The average molecular weight is 316 g/mol. The highest BCUT2D eigenvalue weighted by atomic mass is 127. The highest BCUT2D eigenvalue weighted by molar-refractivity contribution is 14.1. The molecular formula is C9H5IN2O3. The summed E-state index contributed by atoms with van der Waals surface area (Å²) in [5.74, 6) is -0.379. The molecule has 0 amide bonds. The van der Waals surface area contributed by atoms with Crippen LogP contribution in [0.5, 0.6) is 5.75 Å². The number of pyridine rings is 1. The smallest absolute Gasteiger partial charge is 0.314 e. The summed E-state index contributed by atoms with van der Waals surface area (Å²) in [6.07, 6.45) is 1.49. The summed E-state index contributed by atoms with van der Waals surface area (Å²) in [5, 5.41) is 21.0. The number of nitro benzene ring substituents is 1. The molecule has 1 N–H and O–H groups in total. The second-order valence-corrected chi connectivity index (χ2v) is 4.04. The number of phenolic OH excluding ortho intramolecular Hbond substituents is 1. The van der Waals surface area contributed by atoms with Gasteiger partial charge in [-0.15, -0.1) is 0 Å². The third kappa shape index (κ3) is 1.60. The third-order valence-electron chi connectivity index (χ3n) is 1.99. The summed E-state index contributed by atoms with van der Waals surface area (Å²) in [5.41, 5.74) is -0.0540. The second kappa shape index (κ2) is 3.61. The molecule has 0 radical (unpaired) electrons. The van der Waals surface area contributed by atoms with E-state index < -0.39 is 4.92 Å². The van der Waals surface area contributed by atoms with Crippen molar-refractivity contribution in [3.8, 4) is 5.75 Å². The van der Waals surface area contributed by atoms with Crippen LogP contribution in [0.15, 0.2) is 24.4 Å². The Morgan fingerprint density at radius 2 is 2.27 bits per heavy atom. The maximum absolute atomic E-state index is 10.6. The van der Waals surface area contributed by atoms with Crippen LogP contribution in [0, 0.1) is 13.7 Å². The normalized spacial score (nSPS) is 10.5. The topological polar surface area (TPSA) is 76.3 Å². The van der Waals surface area contributed by atoms with Crippen molar-refractivity contribution in [2.45, 2.75) is 0 Å². The van der Waals surface area contributed by atoms with Gasteiger partial charge in [0.2, 0.25) is 5.75 Å². The molecule has 0 saturated heterocycles. The lowest BCUT2D eigenvalue weighted by molar-refractivity contribution is -0.385. The standard InChI is InChI=1S/C9H5IN2O3/c10-6-4-7(12(14)15)9(13)8-5(6)2-1-3-11-8/h1-4,13H. The zero-order valence-electron chi connectivity index (χ0n) is 7.35. The fourth-order valence-electron chi connectivity index (χ4n) is 1.31. The van der Waals surface area contributed by atoms with E-state index in [4.69, 9.17) is 0 Å². The summed E-state index contributed by atoms with van der Waals surface area (Å²) in [6.45, 7) is 0. The predicted molar refractivity (Wildman–Crippen MR) is 62.8 cm³/mol. The summed E-state index contributed by atoms with van der Waals surface area (Å²) < 4.78 is 0.695. The molecule has 0 spiro atoms. The van der Waals surface area contributed by atoms with Crippen LogP contribution in [0.3, 0.4) is 0 Å². The van der Waals surface area contributed by atoms with Gasteiger partial charge in [0.05, 0.1) is 4.92 Å². The first-order valence-electron chi connectivity index (χ1n) is 4.02. The zero-order chi connectivity index (χ0) is 11.0. The molecule has 1 aromatic carbocycles. The fourth-order valence-corrected chi connectivity index (χ4v) is 2.04. The monoisotopic (exact) mass is 316 g/mol. The molecule has 0 aliphatic heterocycles. The largest absolute Gasteiger partial charge is 0.501 e. The first-order chi connectivity index (χ1) is 7.11. The van der Waals surface area contributed by atoms with Gasteiger partial charge in [0.15, 0.2) is 0 Å². The lowest BCUT2D eigenvalue weighted by Crippen LogP contribution is -1.92. The van der Waals surface area contributed by atoms with E-state index in [9.17, 15) is 15.2 Å². The van der Waals surface area contributed by atoms with Crippen LogP contribution in [0.4, 0.5) is 5.69 Å². The number of benzene rings is 1. The maximum atomic E-state index is 10.6. The number of hydrogen-bond donors (Lipinski definition) is 1. The van der Waals surface area contributed by atoms with E-state index in [1.807, 2.05) is 22.6 Å². The molecule has 0 saturated carbocycles.